The zero-order chi connectivity index (χ0) is 16.4. The van der Waals surface area contributed by atoms with E-state index in [1.165, 1.54) is 0 Å². The number of carbonyl (C=O) groups is 2. The molecule has 1 aliphatic carbocycles. The minimum Gasteiger partial charge on any atom is -0.460 e. The lowest BCUT2D eigenvalue weighted by Gasteiger charge is -2.24. The molecular weight excluding hydrogens is 286 g/mol. The van der Waals surface area contributed by atoms with E-state index >= 15 is 0 Å². The fourth-order valence-electron chi connectivity index (χ4n) is 2.21. The Kier molecular flexibility index (Phi) is 7.66. The maximum atomic E-state index is 11.6. The van der Waals surface area contributed by atoms with Crippen molar-refractivity contribution < 1.29 is 23.8 Å². The van der Waals surface area contributed by atoms with Gasteiger partial charge in [-0.15, -0.1) is 6.58 Å². The topological polar surface area (TPSA) is 73.9 Å². The van der Waals surface area contributed by atoms with Gasteiger partial charge in [-0.25, -0.2) is 9.59 Å². The molecule has 6 heteroatoms. The van der Waals surface area contributed by atoms with E-state index < -0.39 is 12.1 Å². The summed E-state index contributed by atoms with van der Waals surface area (Å²) in [6, 6.07) is 0. The van der Waals surface area contributed by atoms with E-state index in [2.05, 4.69) is 18.5 Å². The van der Waals surface area contributed by atoms with Crippen molar-refractivity contribution in [3.05, 3.63) is 24.8 Å². The zero-order valence-electron chi connectivity index (χ0n) is 13.2. The van der Waals surface area contributed by atoms with Crippen LogP contribution in [0.25, 0.3) is 0 Å². The SMILES string of the molecule is C=CCOCC(=C)C(=O)OCCNC(=O)OC1(C)CCCC1. The van der Waals surface area contributed by atoms with Crippen molar-refractivity contribution in [2.24, 2.45) is 0 Å². The number of hydrogen-bond donors (Lipinski definition) is 1. The van der Waals surface area contributed by atoms with Crippen LogP contribution in [0, 0.1) is 0 Å². The summed E-state index contributed by atoms with van der Waals surface area (Å²) >= 11 is 0. The second-order valence-corrected chi connectivity index (χ2v) is 5.52. The molecule has 0 aromatic rings. The highest BCUT2D eigenvalue weighted by atomic mass is 16.6. The molecule has 1 rings (SSSR count). The lowest BCUT2D eigenvalue weighted by molar-refractivity contribution is -0.139. The van der Waals surface area contributed by atoms with Gasteiger partial charge in [0.25, 0.3) is 0 Å². The lowest BCUT2D eigenvalue weighted by Crippen LogP contribution is -2.36. The third-order valence-corrected chi connectivity index (χ3v) is 3.41. The second-order valence-electron chi connectivity index (χ2n) is 5.52. The minimum atomic E-state index is -0.540. The second kappa shape index (κ2) is 9.25. The van der Waals surface area contributed by atoms with E-state index in [-0.39, 0.29) is 30.9 Å². The summed E-state index contributed by atoms with van der Waals surface area (Å²) < 4.78 is 15.4. The Hall–Kier alpha value is -1.82. The maximum Gasteiger partial charge on any atom is 0.407 e. The number of esters is 1. The van der Waals surface area contributed by atoms with E-state index in [9.17, 15) is 9.59 Å². The quantitative estimate of drug-likeness (QED) is 0.306. The molecule has 124 valence electrons. The molecule has 1 aliphatic rings. The fraction of sp³-hybridized carbons (Fsp3) is 0.625. The Morgan fingerprint density at radius 3 is 2.64 bits per heavy atom. The summed E-state index contributed by atoms with van der Waals surface area (Å²) in [6.07, 6.45) is 5.04. The predicted molar refractivity (Wildman–Crippen MR) is 82.5 cm³/mol. The predicted octanol–water partition coefficient (Wildman–Crippen LogP) is 2.35. The number of rotatable bonds is 9. The van der Waals surface area contributed by atoms with Crippen LogP contribution in [-0.2, 0) is 19.0 Å². The van der Waals surface area contributed by atoms with Crippen LogP contribution in [0.1, 0.15) is 32.6 Å². The first-order valence-electron chi connectivity index (χ1n) is 7.47. The van der Waals surface area contributed by atoms with Crippen molar-refractivity contribution in [3.8, 4) is 0 Å². The normalized spacial score (nSPS) is 15.9. The average molecular weight is 311 g/mol. The molecular formula is C16H25NO5. The molecule has 1 amide bonds. The summed E-state index contributed by atoms with van der Waals surface area (Å²) in [5, 5.41) is 2.57. The first-order valence-corrected chi connectivity index (χ1v) is 7.47. The van der Waals surface area contributed by atoms with Crippen LogP contribution >= 0.6 is 0 Å². The molecule has 0 radical (unpaired) electrons. The van der Waals surface area contributed by atoms with Crippen molar-refractivity contribution in [3.63, 3.8) is 0 Å². The van der Waals surface area contributed by atoms with Gasteiger partial charge in [0.15, 0.2) is 0 Å². The number of ether oxygens (including phenoxy) is 3. The number of alkyl carbamates (subject to hydrolysis) is 1. The van der Waals surface area contributed by atoms with Gasteiger partial charge in [-0.05, 0) is 32.6 Å². The molecule has 1 saturated carbocycles. The van der Waals surface area contributed by atoms with Crippen LogP contribution in [0.4, 0.5) is 4.79 Å². The average Bonchev–Trinajstić information content (AvgIpc) is 2.89. The summed E-state index contributed by atoms with van der Waals surface area (Å²) in [5.74, 6) is -0.540. The molecule has 6 nitrogen and oxygen atoms in total. The van der Waals surface area contributed by atoms with Gasteiger partial charge in [0.05, 0.1) is 25.3 Å². The van der Waals surface area contributed by atoms with Gasteiger partial charge >= 0.3 is 12.1 Å². The van der Waals surface area contributed by atoms with Gasteiger partial charge < -0.3 is 19.5 Å². The molecule has 0 aliphatic heterocycles. The monoisotopic (exact) mass is 311 g/mol. The third kappa shape index (κ3) is 6.76. The fourth-order valence-corrected chi connectivity index (χ4v) is 2.21. The Morgan fingerprint density at radius 1 is 1.32 bits per heavy atom. The van der Waals surface area contributed by atoms with E-state index in [0.717, 1.165) is 25.7 Å². The Labute approximate surface area is 131 Å². The van der Waals surface area contributed by atoms with Gasteiger partial charge in [-0.2, -0.15) is 0 Å². The molecule has 1 fully saturated rings. The summed E-state index contributed by atoms with van der Waals surface area (Å²) in [4.78, 5) is 23.2. The summed E-state index contributed by atoms with van der Waals surface area (Å²) in [5.41, 5.74) is -0.139. The highest BCUT2D eigenvalue weighted by molar-refractivity contribution is 5.87. The molecule has 0 heterocycles. The van der Waals surface area contributed by atoms with Crippen molar-refractivity contribution in [2.45, 2.75) is 38.2 Å². The smallest absolute Gasteiger partial charge is 0.407 e. The van der Waals surface area contributed by atoms with Gasteiger partial charge in [-0.3, -0.25) is 0 Å². The summed E-state index contributed by atoms with van der Waals surface area (Å²) in [6.45, 7) is 9.71. The molecule has 0 aromatic heterocycles. The first kappa shape index (κ1) is 18.2. The Bertz CT molecular complexity index is 413. The van der Waals surface area contributed by atoms with Crippen LogP contribution in [-0.4, -0.2) is 44.0 Å². The first-order chi connectivity index (χ1) is 10.5. The van der Waals surface area contributed by atoms with Crippen molar-refractivity contribution >= 4 is 12.1 Å². The van der Waals surface area contributed by atoms with Crippen molar-refractivity contribution in [1.29, 1.82) is 0 Å². The van der Waals surface area contributed by atoms with E-state index in [1.807, 2.05) is 6.92 Å². The Balaban J connectivity index is 2.11. The standard InChI is InChI=1S/C16H25NO5/c1-4-10-20-12-13(2)14(18)21-11-9-17-15(19)22-16(3)7-5-6-8-16/h4H,1-2,5-12H2,3H3,(H,17,19). The highest BCUT2D eigenvalue weighted by Crippen LogP contribution is 2.32. The molecule has 0 spiro atoms. The lowest BCUT2D eigenvalue weighted by atomic mass is 10.1. The third-order valence-electron chi connectivity index (χ3n) is 3.41. The van der Waals surface area contributed by atoms with Crippen LogP contribution in [0.3, 0.4) is 0 Å². The number of amides is 1. The van der Waals surface area contributed by atoms with Gasteiger partial charge in [0, 0.05) is 0 Å². The molecule has 0 atom stereocenters. The van der Waals surface area contributed by atoms with Crippen molar-refractivity contribution in [2.75, 3.05) is 26.4 Å². The van der Waals surface area contributed by atoms with Crippen molar-refractivity contribution in [1.82, 2.24) is 5.32 Å². The van der Waals surface area contributed by atoms with Gasteiger partial charge in [0.1, 0.15) is 12.2 Å². The van der Waals surface area contributed by atoms with Crippen LogP contribution in [0.15, 0.2) is 24.8 Å². The van der Waals surface area contributed by atoms with Crippen LogP contribution < -0.4 is 5.32 Å². The zero-order valence-corrected chi connectivity index (χ0v) is 13.2. The largest absolute Gasteiger partial charge is 0.460 e. The number of carbonyl (C=O) groups excluding carboxylic acids is 2. The minimum absolute atomic E-state index is 0.0606. The van der Waals surface area contributed by atoms with E-state index in [0.29, 0.717) is 6.61 Å². The van der Waals surface area contributed by atoms with Crippen LogP contribution in [0.5, 0.6) is 0 Å². The maximum absolute atomic E-state index is 11.6. The van der Waals surface area contributed by atoms with Crippen LogP contribution in [0.2, 0.25) is 0 Å². The molecule has 0 saturated heterocycles. The van der Waals surface area contributed by atoms with Gasteiger partial charge in [0.2, 0.25) is 0 Å². The summed E-state index contributed by atoms with van der Waals surface area (Å²) in [7, 11) is 0. The number of nitrogens with one attached hydrogen (secondary N) is 1. The molecule has 1 N–H and O–H groups in total. The highest BCUT2D eigenvalue weighted by Gasteiger charge is 2.32. The molecule has 0 unspecified atom stereocenters. The van der Waals surface area contributed by atoms with E-state index in [4.69, 9.17) is 14.2 Å². The molecule has 0 aromatic carbocycles. The number of hydrogen-bond acceptors (Lipinski definition) is 5. The molecule has 0 bridgehead atoms. The van der Waals surface area contributed by atoms with Gasteiger partial charge in [-0.1, -0.05) is 12.7 Å². The molecule has 22 heavy (non-hydrogen) atoms. The Morgan fingerprint density at radius 2 is 2.00 bits per heavy atom. The van der Waals surface area contributed by atoms with E-state index in [1.54, 1.807) is 6.08 Å².